The molecule has 0 fully saturated rings. The van der Waals surface area contributed by atoms with Gasteiger partial charge < -0.3 is 9.84 Å². The zero-order valence-electron chi connectivity index (χ0n) is 12.8. The number of nitrogens with one attached hydrogen (secondary N) is 2. The number of aliphatic hydroxyl groups is 1. The second-order valence-electron chi connectivity index (χ2n) is 5.20. The third-order valence-electron chi connectivity index (χ3n) is 2.94. The van der Waals surface area contributed by atoms with Crippen LogP contribution in [0.5, 0.6) is 5.75 Å². The van der Waals surface area contributed by atoms with Gasteiger partial charge in [-0.05, 0) is 38.1 Å². The molecule has 0 radical (unpaired) electrons. The molecule has 24 heavy (non-hydrogen) atoms. The number of rotatable bonds is 5. The molecule has 0 saturated heterocycles. The van der Waals surface area contributed by atoms with Gasteiger partial charge in [0.25, 0.3) is 5.91 Å². The van der Waals surface area contributed by atoms with Crippen LogP contribution in [-0.2, 0) is 9.59 Å². The number of hydrazine groups is 1. The lowest BCUT2D eigenvalue weighted by atomic mass is 10.0. The number of halogens is 4. The third-order valence-corrected chi connectivity index (χ3v) is 2.94. The van der Waals surface area contributed by atoms with Crippen LogP contribution in [0.15, 0.2) is 24.3 Å². The summed E-state index contributed by atoms with van der Waals surface area (Å²) in [6.07, 6.45) is -7.39. The van der Waals surface area contributed by atoms with Gasteiger partial charge in [-0.3, -0.25) is 20.4 Å². The Kier molecular flexibility index (Phi) is 6.13. The minimum absolute atomic E-state index is 0.186. The van der Waals surface area contributed by atoms with E-state index in [4.69, 9.17) is 9.84 Å². The van der Waals surface area contributed by atoms with Crippen LogP contribution in [0.25, 0.3) is 0 Å². The molecule has 0 saturated carbocycles. The first-order valence-corrected chi connectivity index (χ1v) is 6.72. The Bertz CT molecular complexity index is 587. The largest absolute Gasteiger partial charge is 0.481 e. The Morgan fingerprint density at radius 2 is 1.75 bits per heavy atom. The quantitative estimate of drug-likeness (QED) is 0.553. The zero-order chi connectivity index (χ0) is 18.5. The fourth-order valence-electron chi connectivity index (χ4n) is 1.46. The molecule has 10 heteroatoms. The lowest BCUT2D eigenvalue weighted by Gasteiger charge is -2.25. The molecule has 1 aromatic carbocycles. The molecule has 134 valence electrons. The molecule has 0 aliphatic heterocycles. The first-order valence-electron chi connectivity index (χ1n) is 6.72. The number of hydrogen-bond acceptors (Lipinski definition) is 4. The predicted octanol–water partition coefficient (Wildman–Crippen LogP) is 1.44. The van der Waals surface area contributed by atoms with Gasteiger partial charge in [-0.1, -0.05) is 0 Å². The molecule has 0 bridgehead atoms. The van der Waals surface area contributed by atoms with Crippen molar-refractivity contribution >= 4 is 11.8 Å². The van der Waals surface area contributed by atoms with E-state index in [-0.39, 0.29) is 5.75 Å². The molecule has 1 rings (SSSR count). The zero-order valence-corrected chi connectivity index (χ0v) is 12.8. The molecule has 3 N–H and O–H groups in total. The molecule has 0 aromatic heterocycles. The molecular formula is C14H16F4N2O4. The van der Waals surface area contributed by atoms with Crippen LogP contribution in [-0.4, -0.2) is 34.8 Å². The van der Waals surface area contributed by atoms with Gasteiger partial charge in [-0.25, -0.2) is 4.39 Å². The summed E-state index contributed by atoms with van der Waals surface area (Å²) in [6.45, 7) is 1.76. The number of hydrogen-bond donors (Lipinski definition) is 3. The van der Waals surface area contributed by atoms with E-state index in [1.54, 1.807) is 5.43 Å². The van der Waals surface area contributed by atoms with Crippen molar-refractivity contribution in [2.75, 3.05) is 0 Å². The SMILES string of the molecule is C[C@@H](Oc1ccc(F)cc1)C(=O)NNC(=O)C[C@](C)(O)C(F)(F)F. The van der Waals surface area contributed by atoms with E-state index in [0.29, 0.717) is 6.92 Å². The third kappa shape index (κ3) is 5.69. The molecule has 1 aromatic rings. The molecule has 0 unspecified atom stereocenters. The van der Waals surface area contributed by atoms with Crippen LogP contribution in [0.1, 0.15) is 20.3 Å². The summed E-state index contributed by atoms with van der Waals surface area (Å²) in [7, 11) is 0. The van der Waals surface area contributed by atoms with Gasteiger partial charge in [0.15, 0.2) is 11.7 Å². The van der Waals surface area contributed by atoms with Crippen LogP contribution >= 0.6 is 0 Å². The lowest BCUT2D eigenvalue weighted by Crippen LogP contribution is -2.51. The van der Waals surface area contributed by atoms with Crippen LogP contribution in [0, 0.1) is 5.82 Å². The maximum Gasteiger partial charge on any atom is 0.417 e. The summed E-state index contributed by atoms with van der Waals surface area (Å²) in [5.74, 6) is -2.40. The molecule has 0 aliphatic carbocycles. The molecule has 6 nitrogen and oxygen atoms in total. The van der Waals surface area contributed by atoms with Gasteiger partial charge in [-0.15, -0.1) is 0 Å². The number of carbonyl (C=O) groups excluding carboxylic acids is 2. The minimum atomic E-state index is -4.99. The number of benzene rings is 1. The molecule has 2 amide bonds. The van der Waals surface area contributed by atoms with E-state index in [0.717, 1.165) is 12.1 Å². The maximum atomic E-state index is 12.7. The van der Waals surface area contributed by atoms with Crippen molar-refractivity contribution < 1.29 is 37.0 Å². The summed E-state index contributed by atoms with van der Waals surface area (Å²) in [4.78, 5) is 23.0. The van der Waals surface area contributed by atoms with Gasteiger partial charge in [0, 0.05) is 0 Å². The van der Waals surface area contributed by atoms with E-state index < -0.39 is 41.9 Å². The lowest BCUT2D eigenvalue weighted by molar-refractivity contribution is -0.253. The van der Waals surface area contributed by atoms with Crippen molar-refractivity contribution in [2.24, 2.45) is 0 Å². The monoisotopic (exact) mass is 352 g/mol. The summed E-state index contributed by atoms with van der Waals surface area (Å²) >= 11 is 0. The van der Waals surface area contributed by atoms with Gasteiger partial charge in [-0.2, -0.15) is 13.2 Å². The highest BCUT2D eigenvalue weighted by Gasteiger charge is 2.51. The summed E-state index contributed by atoms with van der Waals surface area (Å²) < 4.78 is 55.2. The van der Waals surface area contributed by atoms with Crippen LogP contribution < -0.4 is 15.6 Å². The summed E-state index contributed by atoms with van der Waals surface area (Å²) in [5, 5.41) is 9.16. The Morgan fingerprint density at radius 3 is 2.25 bits per heavy atom. The average Bonchev–Trinajstić information content (AvgIpc) is 2.45. The number of amides is 2. The van der Waals surface area contributed by atoms with E-state index in [9.17, 15) is 27.2 Å². The Hall–Kier alpha value is -2.36. The second kappa shape index (κ2) is 7.47. The fraction of sp³-hybridized carbons (Fsp3) is 0.429. The van der Waals surface area contributed by atoms with Crippen molar-refractivity contribution in [1.29, 1.82) is 0 Å². The minimum Gasteiger partial charge on any atom is -0.481 e. The van der Waals surface area contributed by atoms with Crippen molar-refractivity contribution in [3.63, 3.8) is 0 Å². The molecule has 0 aliphatic rings. The second-order valence-corrected chi connectivity index (χ2v) is 5.20. The van der Waals surface area contributed by atoms with Gasteiger partial charge in [0.05, 0.1) is 6.42 Å². The summed E-state index contributed by atoms with van der Waals surface area (Å²) in [5.41, 5.74) is 0.396. The highest BCUT2D eigenvalue weighted by Crippen LogP contribution is 2.32. The molecular weight excluding hydrogens is 336 g/mol. The molecule has 0 spiro atoms. The van der Waals surface area contributed by atoms with Gasteiger partial charge in [0.1, 0.15) is 11.6 Å². The van der Waals surface area contributed by atoms with Crippen molar-refractivity contribution in [3.8, 4) is 5.75 Å². The Labute approximate surface area is 134 Å². The highest BCUT2D eigenvalue weighted by atomic mass is 19.4. The number of ether oxygens (including phenoxy) is 1. The van der Waals surface area contributed by atoms with Crippen LogP contribution in [0.2, 0.25) is 0 Å². The van der Waals surface area contributed by atoms with E-state index >= 15 is 0 Å². The van der Waals surface area contributed by atoms with Crippen molar-refractivity contribution in [3.05, 3.63) is 30.1 Å². The number of carbonyl (C=O) groups is 2. The predicted molar refractivity (Wildman–Crippen MR) is 74.1 cm³/mol. The topological polar surface area (TPSA) is 87.7 Å². The summed E-state index contributed by atoms with van der Waals surface area (Å²) in [6, 6.07) is 4.78. The first kappa shape index (κ1) is 19.7. The fourth-order valence-corrected chi connectivity index (χ4v) is 1.46. The number of alkyl halides is 3. The normalized spacial score (nSPS) is 15.1. The van der Waals surface area contributed by atoms with Crippen LogP contribution in [0.4, 0.5) is 17.6 Å². The van der Waals surface area contributed by atoms with Crippen LogP contribution in [0.3, 0.4) is 0 Å². The first-order chi connectivity index (χ1) is 10.9. The Balaban J connectivity index is 2.47. The standard InChI is InChI=1S/C14H16F4N2O4/c1-8(24-10-5-3-9(15)4-6-10)12(22)20-19-11(21)7-13(2,23)14(16,17)18/h3-6,8,23H,7H2,1-2H3,(H,19,21)(H,20,22)/t8-,13+/m1/s1. The van der Waals surface area contributed by atoms with Gasteiger partial charge in [0.2, 0.25) is 5.91 Å². The van der Waals surface area contributed by atoms with Crippen molar-refractivity contribution in [2.45, 2.75) is 38.1 Å². The van der Waals surface area contributed by atoms with Gasteiger partial charge >= 0.3 is 6.18 Å². The molecule has 0 heterocycles. The smallest absolute Gasteiger partial charge is 0.417 e. The van der Waals surface area contributed by atoms with E-state index in [2.05, 4.69) is 0 Å². The molecule has 2 atom stereocenters. The average molecular weight is 352 g/mol. The highest BCUT2D eigenvalue weighted by molar-refractivity contribution is 5.84. The Morgan fingerprint density at radius 1 is 1.21 bits per heavy atom. The van der Waals surface area contributed by atoms with E-state index in [1.165, 1.54) is 19.1 Å². The maximum absolute atomic E-state index is 12.7. The van der Waals surface area contributed by atoms with Crippen molar-refractivity contribution in [1.82, 2.24) is 10.9 Å². The van der Waals surface area contributed by atoms with E-state index in [1.807, 2.05) is 5.43 Å².